The van der Waals surface area contributed by atoms with E-state index in [-0.39, 0.29) is 12.5 Å². The lowest BCUT2D eigenvalue weighted by atomic mass is 9.92. The maximum atomic E-state index is 13.2. The van der Waals surface area contributed by atoms with Crippen LogP contribution in [0.3, 0.4) is 0 Å². The molecule has 128 valence electrons. The molecule has 0 spiro atoms. The zero-order chi connectivity index (χ0) is 18.0. The number of amides is 1. The topological polar surface area (TPSA) is 46.6 Å². The van der Waals surface area contributed by atoms with Crippen LogP contribution in [0.1, 0.15) is 31.9 Å². The Morgan fingerprint density at radius 1 is 1.00 bits per heavy atom. The predicted molar refractivity (Wildman–Crippen MR) is 96.3 cm³/mol. The van der Waals surface area contributed by atoms with E-state index in [1.54, 1.807) is 4.90 Å². The zero-order valence-electron chi connectivity index (χ0n) is 14.7. The number of rotatable bonds is 4. The SMILES string of the molecule is CC(=O)OC1=C(c2ccccc2)C(=O)N(C(C)(C)c2ccccc2)C1. The second kappa shape index (κ2) is 6.55. The molecule has 0 saturated heterocycles. The normalized spacial score (nSPS) is 14.8. The van der Waals surface area contributed by atoms with Crippen LogP contribution in [0.5, 0.6) is 0 Å². The Hall–Kier alpha value is -2.88. The second-order valence-electron chi connectivity index (χ2n) is 6.57. The van der Waals surface area contributed by atoms with Gasteiger partial charge in [0.25, 0.3) is 5.91 Å². The first kappa shape index (κ1) is 17.0. The van der Waals surface area contributed by atoms with Crippen LogP contribution in [-0.2, 0) is 19.9 Å². The van der Waals surface area contributed by atoms with Crippen molar-refractivity contribution in [1.82, 2.24) is 4.90 Å². The van der Waals surface area contributed by atoms with E-state index in [9.17, 15) is 9.59 Å². The summed E-state index contributed by atoms with van der Waals surface area (Å²) in [6, 6.07) is 19.2. The van der Waals surface area contributed by atoms with Crippen LogP contribution in [0.2, 0.25) is 0 Å². The molecular weight excluding hydrogens is 314 g/mol. The van der Waals surface area contributed by atoms with Crippen LogP contribution in [0.15, 0.2) is 66.4 Å². The summed E-state index contributed by atoms with van der Waals surface area (Å²) in [6.45, 7) is 5.62. The highest BCUT2D eigenvalue weighted by Gasteiger charge is 2.41. The second-order valence-corrected chi connectivity index (χ2v) is 6.57. The molecule has 25 heavy (non-hydrogen) atoms. The Kier molecular flexibility index (Phi) is 4.45. The van der Waals surface area contributed by atoms with Crippen LogP contribution in [-0.4, -0.2) is 23.3 Å². The molecule has 4 nitrogen and oxygen atoms in total. The van der Waals surface area contributed by atoms with E-state index in [0.29, 0.717) is 11.3 Å². The molecule has 2 aromatic carbocycles. The molecule has 3 rings (SSSR count). The van der Waals surface area contributed by atoms with Gasteiger partial charge in [-0.25, -0.2) is 0 Å². The van der Waals surface area contributed by atoms with Gasteiger partial charge in [0.1, 0.15) is 5.76 Å². The zero-order valence-corrected chi connectivity index (χ0v) is 14.7. The minimum Gasteiger partial charge on any atom is -0.428 e. The third-order valence-corrected chi connectivity index (χ3v) is 4.52. The summed E-state index contributed by atoms with van der Waals surface area (Å²) in [4.78, 5) is 26.5. The summed E-state index contributed by atoms with van der Waals surface area (Å²) < 4.78 is 5.39. The minimum atomic E-state index is -0.528. The Morgan fingerprint density at radius 2 is 1.56 bits per heavy atom. The van der Waals surface area contributed by atoms with Gasteiger partial charge in [-0.15, -0.1) is 0 Å². The molecule has 0 saturated carbocycles. The Bertz CT molecular complexity index is 823. The minimum absolute atomic E-state index is 0.128. The van der Waals surface area contributed by atoms with Crippen LogP contribution >= 0.6 is 0 Å². The van der Waals surface area contributed by atoms with Crippen LogP contribution in [0.25, 0.3) is 5.57 Å². The van der Waals surface area contributed by atoms with Crippen molar-refractivity contribution in [3.05, 3.63) is 77.5 Å². The molecule has 1 aliphatic rings. The van der Waals surface area contributed by atoms with Crippen molar-refractivity contribution in [1.29, 1.82) is 0 Å². The fourth-order valence-corrected chi connectivity index (χ4v) is 3.15. The summed E-state index contributed by atoms with van der Waals surface area (Å²) in [6.07, 6.45) is 0. The summed E-state index contributed by atoms with van der Waals surface area (Å²) in [7, 11) is 0. The Morgan fingerprint density at radius 3 is 2.12 bits per heavy atom. The average Bonchev–Trinajstić information content (AvgIpc) is 2.92. The first-order valence-corrected chi connectivity index (χ1v) is 8.25. The summed E-state index contributed by atoms with van der Waals surface area (Å²) in [5.41, 5.74) is 1.72. The highest BCUT2D eigenvalue weighted by Crippen LogP contribution is 2.37. The Balaban J connectivity index is 2.02. The van der Waals surface area contributed by atoms with E-state index in [1.165, 1.54) is 6.92 Å². The van der Waals surface area contributed by atoms with Crippen molar-refractivity contribution < 1.29 is 14.3 Å². The molecule has 1 aliphatic heterocycles. The quantitative estimate of drug-likeness (QED) is 0.800. The third kappa shape index (κ3) is 3.20. The molecule has 1 amide bonds. The summed E-state index contributed by atoms with van der Waals surface area (Å²) in [5.74, 6) is -0.139. The van der Waals surface area contributed by atoms with Gasteiger partial charge in [0.15, 0.2) is 0 Å². The lowest BCUT2D eigenvalue weighted by molar-refractivity contribution is -0.137. The summed E-state index contributed by atoms with van der Waals surface area (Å²) in [5, 5.41) is 0. The molecule has 0 fully saturated rings. The van der Waals surface area contributed by atoms with E-state index < -0.39 is 11.5 Å². The fourth-order valence-electron chi connectivity index (χ4n) is 3.15. The molecule has 0 aliphatic carbocycles. The Labute approximate surface area is 147 Å². The van der Waals surface area contributed by atoms with E-state index in [1.807, 2.05) is 74.5 Å². The molecule has 0 atom stereocenters. The third-order valence-electron chi connectivity index (χ3n) is 4.52. The smallest absolute Gasteiger partial charge is 0.307 e. The molecule has 4 heteroatoms. The number of carbonyl (C=O) groups excluding carboxylic acids is 2. The van der Waals surface area contributed by atoms with Crippen molar-refractivity contribution in [3.63, 3.8) is 0 Å². The van der Waals surface area contributed by atoms with Crippen LogP contribution < -0.4 is 0 Å². The molecule has 1 heterocycles. The van der Waals surface area contributed by atoms with Gasteiger partial charge in [0.2, 0.25) is 0 Å². The van der Waals surface area contributed by atoms with Gasteiger partial charge in [-0.2, -0.15) is 0 Å². The number of nitrogens with zero attached hydrogens (tertiary/aromatic N) is 1. The van der Waals surface area contributed by atoms with Crippen molar-refractivity contribution in [2.24, 2.45) is 0 Å². The van der Waals surface area contributed by atoms with Gasteiger partial charge in [-0.1, -0.05) is 60.7 Å². The van der Waals surface area contributed by atoms with Crippen molar-refractivity contribution in [3.8, 4) is 0 Å². The predicted octanol–water partition coefficient (Wildman–Crippen LogP) is 3.74. The van der Waals surface area contributed by atoms with Gasteiger partial charge in [0.05, 0.1) is 17.7 Å². The van der Waals surface area contributed by atoms with Crippen molar-refractivity contribution in [2.75, 3.05) is 6.54 Å². The largest absolute Gasteiger partial charge is 0.428 e. The van der Waals surface area contributed by atoms with E-state index in [4.69, 9.17) is 4.74 Å². The van der Waals surface area contributed by atoms with Gasteiger partial charge < -0.3 is 9.64 Å². The molecule has 0 unspecified atom stereocenters. The first-order valence-electron chi connectivity index (χ1n) is 8.25. The number of carbonyl (C=O) groups is 2. The average molecular weight is 335 g/mol. The van der Waals surface area contributed by atoms with Crippen molar-refractivity contribution in [2.45, 2.75) is 26.3 Å². The van der Waals surface area contributed by atoms with Crippen LogP contribution in [0, 0.1) is 0 Å². The number of benzene rings is 2. The van der Waals surface area contributed by atoms with Gasteiger partial charge >= 0.3 is 5.97 Å². The number of esters is 1. The molecule has 0 bridgehead atoms. The maximum Gasteiger partial charge on any atom is 0.307 e. The van der Waals surface area contributed by atoms with Gasteiger partial charge in [-0.3, -0.25) is 9.59 Å². The molecule has 0 N–H and O–H groups in total. The first-order chi connectivity index (χ1) is 11.9. The molecular formula is C21H21NO3. The molecule has 0 aromatic heterocycles. The highest BCUT2D eigenvalue weighted by molar-refractivity contribution is 6.22. The number of hydrogen-bond donors (Lipinski definition) is 0. The van der Waals surface area contributed by atoms with E-state index >= 15 is 0 Å². The van der Waals surface area contributed by atoms with Gasteiger partial charge in [0, 0.05) is 6.92 Å². The number of ether oxygens (including phenoxy) is 1. The summed E-state index contributed by atoms with van der Waals surface area (Å²) >= 11 is 0. The van der Waals surface area contributed by atoms with E-state index in [2.05, 4.69) is 0 Å². The fraction of sp³-hybridized carbons (Fsp3) is 0.238. The molecule has 2 aromatic rings. The van der Waals surface area contributed by atoms with Gasteiger partial charge in [-0.05, 0) is 25.0 Å². The molecule has 0 radical (unpaired) electrons. The maximum absolute atomic E-state index is 13.2. The lowest BCUT2D eigenvalue weighted by Gasteiger charge is -2.36. The highest BCUT2D eigenvalue weighted by atomic mass is 16.5. The van der Waals surface area contributed by atoms with Crippen molar-refractivity contribution >= 4 is 17.4 Å². The lowest BCUT2D eigenvalue weighted by Crippen LogP contribution is -2.43. The standard InChI is InChI=1S/C21H21NO3/c1-15(23)25-18-14-22(21(2,3)17-12-8-5-9-13-17)20(24)19(18)16-10-6-4-7-11-16/h4-13H,14H2,1-3H3. The monoisotopic (exact) mass is 335 g/mol. The van der Waals surface area contributed by atoms with Crippen LogP contribution in [0.4, 0.5) is 0 Å². The number of hydrogen-bond acceptors (Lipinski definition) is 3. The van der Waals surface area contributed by atoms with E-state index in [0.717, 1.165) is 11.1 Å².